The largest absolute Gasteiger partial charge is 0.394 e. The Morgan fingerprint density at radius 3 is 2.81 bits per heavy atom. The Bertz CT molecular complexity index is 198. The van der Waals surface area contributed by atoms with Crippen LogP contribution in [0.25, 0.3) is 0 Å². The summed E-state index contributed by atoms with van der Waals surface area (Å²) in [6, 6.07) is 0. The van der Waals surface area contributed by atoms with Gasteiger partial charge in [0.2, 0.25) is 0 Å². The van der Waals surface area contributed by atoms with Gasteiger partial charge in [0, 0.05) is 13.1 Å². The van der Waals surface area contributed by atoms with Crippen LogP contribution in [0.5, 0.6) is 0 Å². The minimum Gasteiger partial charge on any atom is -0.394 e. The molecule has 16 heavy (non-hydrogen) atoms. The topological polar surface area (TPSA) is 35.5 Å². The molecule has 0 aromatic carbocycles. The third-order valence-corrected chi connectivity index (χ3v) is 3.46. The van der Waals surface area contributed by atoms with Crippen LogP contribution in [0.2, 0.25) is 0 Å². The number of nitrogens with zero attached hydrogens (tertiary/aromatic N) is 1. The van der Waals surface area contributed by atoms with Crippen molar-refractivity contribution in [2.75, 3.05) is 32.8 Å². The van der Waals surface area contributed by atoms with Crippen molar-refractivity contribution < 1.29 is 5.11 Å². The SMILES string of the molecule is CCCNC(C)(CO)CN1CCCC(C)C1. The molecule has 0 spiro atoms. The number of nitrogens with one attached hydrogen (secondary N) is 1. The van der Waals surface area contributed by atoms with E-state index in [1.54, 1.807) is 0 Å². The maximum atomic E-state index is 9.52. The van der Waals surface area contributed by atoms with E-state index in [9.17, 15) is 5.11 Å². The van der Waals surface area contributed by atoms with Crippen molar-refractivity contribution in [3.05, 3.63) is 0 Å². The number of hydrogen-bond acceptors (Lipinski definition) is 3. The lowest BCUT2D eigenvalue weighted by molar-refractivity contribution is 0.0947. The molecule has 0 saturated carbocycles. The summed E-state index contributed by atoms with van der Waals surface area (Å²) >= 11 is 0. The Kier molecular flexibility index (Phi) is 5.73. The lowest BCUT2D eigenvalue weighted by Gasteiger charge is -2.38. The molecule has 3 nitrogen and oxygen atoms in total. The smallest absolute Gasteiger partial charge is 0.0623 e. The van der Waals surface area contributed by atoms with E-state index in [4.69, 9.17) is 0 Å². The van der Waals surface area contributed by atoms with Crippen molar-refractivity contribution in [2.24, 2.45) is 5.92 Å². The van der Waals surface area contributed by atoms with Gasteiger partial charge in [-0.3, -0.25) is 0 Å². The minimum atomic E-state index is -0.132. The van der Waals surface area contributed by atoms with Gasteiger partial charge >= 0.3 is 0 Å². The fourth-order valence-electron chi connectivity index (χ4n) is 2.51. The van der Waals surface area contributed by atoms with E-state index in [1.807, 2.05) is 0 Å². The molecule has 0 bridgehead atoms. The monoisotopic (exact) mass is 228 g/mol. The molecule has 1 rings (SSSR count). The fraction of sp³-hybridized carbons (Fsp3) is 1.00. The summed E-state index contributed by atoms with van der Waals surface area (Å²) < 4.78 is 0. The summed E-state index contributed by atoms with van der Waals surface area (Å²) in [5.74, 6) is 0.808. The second-order valence-electron chi connectivity index (χ2n) is 5.63. The molecule has 0 aromatic rings. The van der Waals surface area contributed by atoms with Crippen molar-refractivity contribution in [3.8, 4) is 0 Å². The average Bonchev–Trinajstić information content (AvgIpc) is 2.26. The van der Waals surface area contributed by atoms with Crippen LogP contribution in [0.15, 0.2) is 0 Å². The van der Waals surface area contributed by atoms with Gasteiger partial charge in [-0.1, -0.05) is 13.8 Å². The molecule has 96 valence electrons. The highest BCUT2D eigenvalue weighted by atomic mass is 16.3. The van der Waals surface area contributed by atoms with Gasteiger partial charge in [-0.05, 0) is 45.2 Å². The zero-order valence-electron chi connectivity index (χ0n) is 11.1. The number of piperidine rings is 1. The van der Waals surface area contributed by atoms with Crippen molar-refractivity contribution >= 4 is 0 Å². The molecular weight excluding hydrogens is 200 g/mol. The maximum Gasteiger partial charge on any atom is 0.0623 e. The number of rotatable bonds is 6. The van der Waals surface area contributed by atoms with Crippen LogP contribution in [-0.4, -0.2) is 48.3 Å². The Morgan fingerprint density at radius 2 is 2.25 bits per heavy atom. The molecule has 0 radical (unpaired) electrons. The van der Waals surface area contributed by atoms with Crippen molar-refractivity contribution in [1.82, 2.24) is 10.2 Å². The molecule has 1 aliphatic heterocycles. The van der Waals surface area contributed by atoms with Crippen LogP contribution in [0.1, 0.15) is 40.0 Å². The summed E-state index contributed by atoms with van der Waals surface area (Å²) in [5, 5.41) is 13.0. The quantitative estimate of drug-likeness (QED) is 0.722. The van der Waals surface area contributed by atoms with Gasteiger partial charge in [0.05, 0.1) is 12.1 Å². The first kappa shape index (κ1) is 13.9. The molecule has 1 heterocycles. The Hall–Kier alpha value is -0.120. The van der Waals surface area contributed by atoms with Crippen LogP contribution in [0.4, 0.5) is 0 Å². The van der Waals surface area contributed by atoms with E-state index in [2.05, 4.69) is 31.0 Å². The van der Waals surface area contributed by atoms with Crippen molar-refractivity contribution in [2.45, 2.75) is 45.6 Å². The van der Waals surface area contributed by atoms with Crippen molar-refractivity contribution in [3.63, 3.8) is 0 Å². The molecule has 2 N–H and O–H groups in total. The Balaban J connectivity index is 2.41. The molecule has 1 aliphatic rings. The molecule has 1 fully saturated rings. The van der Waals surface area contributed by atoms with Crippen LogP contribution in [0.3, 0.4) is 0 Å². The molecule has 3 heteroatoms. The molecule has 0 amide bonds. The van der Waals surface area contributed by atoms with Gasteiger partial charge in [-0.15, -0.1) is 0 Å². The van der Waals surface area contributed by atoms with E-state index in [-0.39, 0.29) is 12.1 Å². The summed E-state index contributed by atoms with van der Waals surface area (Å²) in [5.41, 5.74) is -0.132. The number of aliphatic hydroxyl groups excluding tert-OH is 1. The van der Waals surface area contributed by atoms with E-state index in [0.29, 0.717) is 0 Å². The van der Waals surface area contributed by atoms with Gasteiger partial charge in [0.15, 0.2) is 0 Å². The first-order valence-electron chi connectivity index (χ1n) is 6.68. The third-order valence-electron chi connectivity index (χ3n) is 3.46. The number of likely N-dealkylation sites (tertiary alicyclic amines) is 1. The summed E-state index contributed by atoms with van der Waals surface area (Å²) in [4.78, 5) is 2.49. The molecule has 0 aliphatic carbocycles. The second kappa shape index (κ2) is 6.58. The Morgan fingerprint density at radius 1 is 1.50 bits per heavy atom. The van der Waals surface area contributed by atoms with Crippen LogP contribution in [0, 0.1) is 5.92 Å². The first-order valence-corrected chi connectivity index (χ1v) is 6.68. The number of aliphatic hydroxyl groups is 1. The lowest BCUT2D eigenvalue weighted by Crippen LogP contribution is -2.55. The molecule has 2 atom stereocenters. The normalized spacial score (nSPS) is 26.6. The van der Waals surface area contributed by atoms with Crippen molar-refractivity contribution in [1.29, 1.82) is 0 Å². The molecule has 1 saturated heterocycles. The van der Waals surface area contributed by atoms with E-state index in [0.717, 1.165) is 25.4 Å². The molecular formula is C13H28N2O. The molecule has 0 aromatic heterocycles. The van der Waals surface area contributed by atoms with E-state index in [1.165, 1.54) is 25.9 Å². The maximum absolute atomic E-state index is 9.52. The average molecular weight is 228 g/mol. The fourth-order valence-corrected chi connectivity index (χ4v) is 2.51. The van der Waals surface area contributed by atoms with Crippen LogP contribution < -0.4 is 5.32 Å². The van der Waals surface area contributed by atoms with E-state index >= 15 is 0 Å². The highest BCUT2D eigenvalue weighted by molar-refractivity contribution is 4.87. The number of hydrogen-bond donors (Lipinski definition) is 2. The van der Waals surface area contributed by atoms with Gasteiger partial charge in [0.25, 0.3) is 0 Å². The third kappa shape index (κ3) is 4.40. The predicted octanol–water partition coefficient (Wildman–Crippen LogP) is 1.47. The lowest BCUT2D eigenvalue weighted by atomic mass is 9.96. The van der Waals surface area contributed by atoms with Crippen LogP contribution in [-0.2, 0) is 0 Å². The first-order chi connectivity index (χ1) is 7.59. The summed E-state index contributed by atoms with van der Waals surface area (Å²) in [6.07, 6.45) is 3.77. The zero-order chi connectivity index (χ0) is 12.0. The van der Waals surface area contributed by atoms with Gasteiger partial charge < -0.3 is 15.3 Å². The highest BCUT2D eigenvalue weighted by Gasteiger charge is 2.27. The van der Waals surface area contributed by atoms with Crippen LogP contribution >= 0.6 is 0 Å². The van der Waals surface area contributed by atoms with Gasteiger partial charge in [0.1, 0.15) is 0 Å². The zero-order valence-corrected chi connectivity index (χ0v) is 11.1. The molecule has 2 unspecified atom stereocenters. The van der Waals surface area contributed by atoms with E-state index < -0.39 is 0 Å². The summed E-state index contributed by atoms with van der Waals surface area (Å²) in [7, 11) is 0. The standard InChI is InChI=1S/C13H28N2O/c1-4-7-14-13(3,11-16)10-15-8-5-6-12(2)9-15/h12,14,16H,4-11H2,1-3H3. The second-order valence-corrected chi connectivity index (χ2v) is 5.63. The van der Waals surface area contributed by atoms with Gasteiger partial charge in [-0.2, -0.15) is 0 Å². The summed E-state index contributed by atoms with van der Waals surface area (Å²) in [6.45, 7) is 11.2. The van der Waals surface area contributed by atoms with Gasteiger partial charge in [-0.25, -0.2) is 0 Å². The minimum absolute atomic E-state index is 0.132. The Labute approximate surface area is 100 Å². The highest BCUT2D eigenvalue weighted by Crippen LogP contribution is 2.17. The predicted molar refractivity (Wildman–Crippen MR) is 68.6 cm³/mol.